The molecule has 0 saturated heterocycles. The number of aromatic nitrogens is 1. The van der Waals surface area contributed by atoms with Gasteiger partial charge in [-0.2, -0.15) is 0 Å². The lowest BCUT2D eigenvalue weighted by molar-refractivity contribution is -0.122. The van der Waals surface area contributed by atoms with Gasteiger partial charge < -0.3 is 9.47 Å². The van der Waals surface area contributed by atoms with Crippen LogP contribution in [0.25, 0.3) is 0 Å². The normalized spacial score (nSPS) is 11.7. The Labute approximate surface area is 169 Å². The van der Waals surface area contributed by atoms with Gasteiger partial charge in [-0.15, -0.1) is 11.3 Å². The summed E-state index contributed by atoms with van der Waals surface area (Å²) < 4.78 is 11.2. The first-order valence-corrected chi connectivity index (χ1v) is 10.0. The third-order valence-electron chi connectivity index (χ3n) is 4.28. The molecule has 1 heterocycles. The summed E-state index contributed by atoms with van der Waals surface area (Å²) >= 11 is 1.48. The van der Waals surface area contributed by atoms with Crippen LogP contribution >= 0.6 is 11.3 Å². The summed E-state index contributed by atoms with van der Waals surface area (Å²) in [6.07, 6.45) is 2.51. The number of ether oxygens (including phenoxy) is 2. The second-order valence-electron chi connectivity index (χ2n) is 6.45. The monoisotopic (exact) mass is 396 g/mol. The molecule has 1 aromatic heterocycles. The van der Waals surface area contributed by atoms with Crippen molar-refractivity contribution >= 4 is 22.4 Å². The number of carbonyl (C=O) groups excluding carboxylic acids is 1. The zero-order valence-corrected chi connectivity index (χ0v) is 17.1. The summed E-state index contributed by atoms with van der Waals surface area (Å²) in [6, 6.07) is 15.7. The second kappa shape index (κ2) is 9.37. The molecule has 1 N–H and O–H groups in total. The molecule has 0 fully saturated rings. The number of carbonyl (C=O) groups is 1. The molecule has 28 heavy (non-hydrogen) atoms. The highest BCUT2D eigenvalue weighted by atomic mass is 32.1. The Morgan fingerprint density at radius 3 is 2.54 bits per heavy atom. The standard InChI is InChI=1S/C22H24N2O3S/c1-4-18(27-20-8-6-5-7-19(20)26-3)21(25)24-22-23-14-17(28-22)13-16-11-9-15(2)10-12-16/h5-12,14,18H,4,13H2,1-3H3,(H,23,24,25). The Morgan fingerprint density at radius 1 is 1.14 bits per heavy atom. The van der Waals surface area contributed by atoms with E-state index in [1.807, 2.05) is 25.3 Å². The van der Waals surface area contributed by atoms with Gasteiger partial charge in [-0.1, -0.05) is 48.9 Å². The molecule has 0 radical (unpaired) electrons. The number of methoxy groups -OCH3 is 1. The fourth-order valence-corrected chi connectivity index (χ4v) is 3.58. The number of rotatable bonds is 8. The number of hydrogen-bond donors (Lipinski definition) is 1. The van der Waals surface area contributed by atoms with Gasteiger partial charge >= 0.3 is 0 Å². The minimum absolute atomic E-state index is 0.218. The average molecular weight is 397 g/mol. The van der Waals surface area contributed by atoms with Crippen LogP contribution in [-0.4, -0.2) is 24.1 Å². The number of thiazole rings is 1. The van der Waals surface area contributed by atoms with Gasteiger partial charge in [-0.3, -0.25) is 10.1 Å². The molecule has 0 spiro atoms. The van der Waals surface area contributed by atoms with Crippen LogP contribution in [0.2, 0.25) is 0 Å². The van der Waals surface area contributed by atoms with Crippen molar-refractivity contribution in [2.24, 2.45) is 0 Å². The number of anilines is 1. The van der Waals surface area contributed by atoms with Gasteiger partial charge in [0.15, 0.2) is 22.7 Å². The van der Waals surface area contributed by atoms with Crippen LogP contribution in [0.4, 0.5) is 5.13 Å². The highest BCUT2D eigenvalue weighted by Crippen LogP contribution is 2.28. The molecule has 1 amide bonds. The zero-order chi connectivity index (χ0) is 19.9. The number of benzene rings is 2. The molecule has 3 rings (SSSR count). The van der Waals surface area contributed by atoms with Crippen molar-refractivity contribution < 1.29 is 14.3 Å². The lowest BCUT2D eigenvalue weighted by atomic mass is 10.1. The largest absolute Gasteiger partial charge is 0.493 e. The Bertz CT molecular complexity index is 922. The van der Waals surface area contributed by atoms with Gasteiger partial charge in [0, 0.05) is 17.5 Å². The van der Waals surface area contributed by atoms with Crippen molar-refractivity contribution in [1.29, 1.82) is 0 Å². The van der Waals surface area contributed by atoms with Crippen LogP contribution in [0.5, 0.6) is 11.5 Å². The van der Waals surface area contributed by atoms with Gasteiger partial charge in [0.2, 0.25) is 0 Å². The van der Waals surface area contributed by atoms with E-state index in [0.717, 1.165) is 11.3 Å². The number of amides is 1. The molecule has 146 valence electrons. The Morgan fingerprint density at radius 2 is 1.86 bits per heavy atom. The quantitative estimate of drug-likeness (QED) is 0.591. The second-order valence-corrected chi connectivity index (χ2v) is 7.56. The molecular weight excluding hydrogens is 372 g/mol. The van der Waals surface area contributed by atoms with Crippen molar-refractivity contribution in [3.63, 3.8) is 0 Å². The number of nitrogens with one attached hydrogen (secondary N) is 1. The highest BCUT2D eigenvalue weighted by Gasteiger charge is 2.21. The predicted molar refractivity (Wildman–Crippen MR) is 112 cm³/mol. The van der Waals surface area contributed by atoms with E-state index < -0.39 is 6.10 Å². The summed E-state index contributed by atoms with van der Waals surface area (Å²) in [5.74, 6) is 0.930. The molecule has 3 aromatic rings. The van der Waals surface area contributed by atoms with Gasteiger partial charge in [-0.05, 0) is 31.0 Å². The van der Waals surface area contributed by atoms with Crippen molar-refractivity contribution in [1.82, 2.24) is 4.98 Å². The summed E-state index contributed by atoms with van der Waals surface area (Å²) in [4.78, 5) is 18.1. The first kappa shape index (κ1) is 19.9. The van der Waals surface area contributed by atoms with E-state index in [-0.39, 0.29) is 5.91 Å². The summed E-state index contributed by atoms with van der Waals surface area (Å²) in [5.41, 5.74) is 2.46. The Hall–Kier alpha value is -2.86. The van der Waals surface area contributed by atoms with Gasteiger partial charge in [0.1, 0.15) is 0 Å². The van der Waals surface area contributed by atoms with E-state index in [0.29, 0.717) is 23.1 Å². The fraction of sp³-hybridized carbons (Fsp3) is 0.273. The zero-order valence-electron chi connectivity index (χ0n) is 16.3. The number of hydrogen-bond acceptors (Lipinski definition) is 5. The number of nitrogens with zero attached hydrogens (tertiary/aromatic N) is 1. The molecule has 1 unspecified atom stereocenters. The molecular formula is C22H24N2O3S. The maximum absolute atomic E-state index is 12.6. The lowest BCUT2D eigenvalue weighted by Gasteiger charge is -2.18. The molecule has 0 aliphatic rings. The fourth-order valence-electron chi connectivity index (χ4n) is 2.73. The van der Waals surface area contributed by atoms with E-state index in [2.05, 4.69) is 41.5 Å². The van der Waals surface area contributed by atoms with Crippen LogP contribution in [0.3, 0.4) is 0 Å². The molecule has 5 nitrogen and oxygen atoms in total. The minimum atomic E-state index is -0.624. The van der Waals surface area contributed by atoms with Crippen LogP contribution in [0.1, 0.15) is 29.3 Å². The minimum Gasteiger partial charge on any atom is -0.493 e. The maximum atomic E-state index is 12.6. The van der Waals surface area contributed by atoms with E-state index in [9.17, 15) is 4.79 Å². The summed E-state index contributed by atoms with van der Waals surface area (Å²) in [7, 11) is 1.58. The first-order valence-electron chi connectivity index (χ1n) is 9.19. The average Bonchev–Trinajstić information content (AvgIpc) is 3.14. The topological polar surface area (TPSA) is 60.5 Å². The van der Waals surface area contributed by atoms with E-state index >= 15 is 0 Å². The highest BCUT2D eigenvalue weighted by molar-refractivity contribution is 7.15. The smallest absolute Gasteiger partial charge is 0.267 e. The molecule has 2 aromatic carbocycles. The van der Waals surface area contributed by atoms with Crippen molar-refractivity contribution in [2.75, 3.05) is 12.4 Å². The molecule has 1 atom stereocenters. The molecule has 0 bridgehead atoms. The van der Waals surface area contributed by atoms with Gasteiger partial charge in [0.25, 0.3) is 5.91 Å². The van der Waals surface area contributed by atoms with Crippen LogP contribution < -0.4 is 14.8 Å². The third-order valence-corrected chi connectivity index (χ3v) is 5.20. The van der Waals surface area contributed by atoms with Gasteiger partial charge in [-0.25, -0.2) is 4.98 Å². The van der Waals surface area contributed by atoms with Gasteiger partial charge in [0.05, 0.1) is 7.11 Å². The molecule has 0 saturated carbocycles. The molecule has 0 aliphatic carbocycles. The number of para-hydroxylation sites is 2. The van der Waals surface area contributed by atoms with Crippen LogP contribution in [-0.2, 0) is 11.2 Å². The van der Waals surface area contributed by atoms with E-state index in [1.54, 1.807) is 19.2 Å². The van der Waals surface area contributed by atoms with Crippen molar-refractivity contribution in [2.45, 2.75) is 32.8 Å². The van der Waals surface area contributed by atoms with E-state index in [4.69, 9.17) is 9.47 Å². The SMILES string of the molecule is CCC(Oc1ccccc1OC)C(=O)Nc1ncc(Cc2ccc(C)cc2)s1. The third kappa shape index (κ3) is 5.10. The predicted octanol–water partition coefficient (Wildman–Crippen LogP) is 4.85. The van der Waals surface area contributed by atoms with Crippen LogP contribution in [0.15, 0.2) is 54.7 Å². The number of aryl methyl sites for hydroxylation is 1. The van der Waals surface area contributed by atoms with Crippen molar-refractivity contribution in [3.05, 3.63) is 70.7 Å². The summed E-state index contributed by atoms with van der Waals surface area (Å²) in [5, 5.41) is 3.45. The molecule has 6 heteroatoms. The maximum Gasteiger partial charge on any atom is 0.267 e. The van der Waals surface area contributed by atoms with E-state index in [1.165, 1.54) is 22.5 Å². The Kier molecular flexibility index (Phi) is 6.66. The lowest BCUT2D eigenvalue weighted by Crippen LogP contribution is -2.32. The summed E-state index contributed by atoms with van der Waals surface area (Å²) in [6.45, 7) is 3.98. The first-order chi connectivity index (χ1) is 13.6. The van der Waals surface area contributed by atoms with Crippen molar-refractivity contribution in [3.8, 4) is 11.5 Å². The van der Waals surface area contributed by atoms with Crippen LogP contribution in [0, 0.1) is 6.92 Å². The Balaban J connectivity index is 1.63. The molecule has 0 aliphatic heterocycles.